The predicted molar refractivity (Wildman–Crippen MR) is 149 cm³/mol. The van der Waals surface area contributed by atoms with Crippen LogP contribution in [-0.4, -0.2) is 56.3 Å². The van der Waals surface area contributed by atoms with E-state index in [1.54, 1.807) is 16.8 Å². The second-order valence-electron chi connectivity index (χ2n) is 10.1. The van der Waals surface area contributed by atoms with Crippen molar-refractivity contribution in [2.75, 3.05) is 31.1 Å². The van der Waals surface area contributed by atoms with E-state index in [1.807, 2.05) is 56.3 Å². The number of pyridine rings is 1. The van der Waals surface area contributed by atoms with Crippen molar-refractivity contribution < 1.29 is 4.39 Å². The Balaban J connectivity index is 1.39. The second kappa shape index (κ2) is 10.4. The van der Waals surface area contributed by atoms with E-state index in [1.165, 1.54) is 12.1 Å². The Morgan fingerprint density at radius 2 is 1.69 bits per heavy atom. The fraction of sp³-hybridized carbons (Fsp3) is 0.267. The van der Waals surface area contributed by atoms with Crippen LogP contribution < -0.4 is 10.5 Å². The third-order valence-corrected chi connectivity index (χ3v) is 7.72. The van der Waals surface area contributed by atoms with Crippen LogP contribution in [0.2, 0.25) is 0 Å². The highest BCUT2D eigenvalue weighted by molar-refractivity contribution is 5.83. The number of hydrogen-bond donors (Lipinski definition) is 1. The molecule has 3 heterocycles. The lowest BCUT2D eigenvalue weighted by molar-refractivity contribution is 0.200. The Labute approximate surface area is 225 Å². The number of hydrogen-bond acceptors (Lipinski definition) is 6. The maximum Gasteiger partial charge on any atom is 0.253 e. The van der Waals surface area contributed by atoms with Gasteiger partial charge in [0.2, 0.25) is 0 Å². The van der Waals surface area contributed by atoms with Crippen molar-refractivity contribution in [3.63, 3.8) is 0 Å². The van der Waals surface area contributed by atoms with Crippen LogP contribution in [0.5, 0.6) is 0 Å². The number of nitrogens with one attached hydrogen (secondary N) is 1. The monoisotopic (exact) mass is 523 g/mol. The topological polar surface area (TPSA) is 82.9 Å². The van der Waals surface area contributed by atoms with Crippen LogP contribution in [0.1, 0.15) is 34.1 Å². The summed E-state index contributed by atoms with van der Waals surface area (Å²) in [5.74, 6) is 0.381. The molecule has 39 heavy (non-hydrogen) atoms. The van der Waals surface area contributed by atoms with E-state index in [-0.39, 0.29) is 11.4 Å². The summed E-state index contributed by atoms with van der Waals surface area (Å²) in [6, 6.07) is 22.3. The first-order valence-corrected chi connectivity index (χ1v) is 13.2. The van der Waals surface area contributed by atoms with Gasteiger partial charge in [0.1, 0.15) is 11.9 Å². The van der Waals surface area contributed by atoms with Crippen LogP contribution in [0, 0.1) is 19.7 Å². The summed E-state index contributed by atoms with van der Waals surface area (Å²) in [5, 5.41) is 13.8. The quantitative estimate of drug-likeness (QED) is 0.359. The molecule has 5 aromatic rings. The minimum atomic E-state index is -0.436. The van der Waals surface area contributed by atoms with Gasteiger partial charge in [-0.25, -0.2) is 9.07 Å². The zero-order valence-electron chi connectivity index (χ0n) is 22.0. The van der Waals surface area contributed by atoms with Gasteiger partial charge in [0.25, 0.3) is 5.56 Å². The highest BCUT2D eigenvalue weighted by Gasteiger charge is 2.33. The zero-order chi connectivity index (χ0) is 26.9. The van der Waals surface area contributed by atoms with Crippen LogP contribution in [0.15, 0.2) is 77.6 Å². The third kappa shape index (κ3) is 4.93. The Kier molecular flexibility index (Phi) is 6.66. The molecule has 2 aromatic heterocycles. The number of aromatic nitrogens is 5. The number of anilines is 1. The number of rotatable bonds is 6. The van der Waals surface area contributed by atoms with Crippen molar-refractivity contribution in [1.82, 2.24) is 30.1 Å². The molecule has 6 rings (SSSR count). The van der Waals surface area contributed by atoms with Crippen LogP contribution in [0.4, 0.5) is 10.1 Å². The van der Waals surface area contributed by atoms with Gasteiger partial charge in [0, 0.05) is 37.4 Å². The van der Waals surface area contributed by atoms with Gasteiger partial charge in [0.05, 0.1) is 12.1 Å². The maximum atomic E-state index is 13.7. The Bertz CT molecular complexity index is 1660. The van der Waals surface area contributed by atoms with Crippen molar-refractivity contribution in [2.24, 2.45) is 0 Å². The molecule has 8 nitrogen and oxygen atoms in total. The van der Waals surface area contributed by atoms with E-state index in [0.29, 0.717) is 31.0 Å². The van der Waals surface area contributed by atoms with Crippen molar-refractivity contribution in [2.45, 2.75) is 26.4 Å². The maximum absolute atomic E-state index is 13.7. The molecule has 198 valence electrons. The summed E-state index contributed by atoms with van der Waals surface area (Å²) in [6.07, 6.45) is 0. The van der Waals surface area contributed by atoms with Crippen molar-refractivity contribution in [3.8, 4) is 0 Å². The number of aromatic amines is 1. The van der Waals surface area contributed by atoms with Crippen LogP contribution in [0.3, 0.4) is 0 Å². The lowest BCUT2D eigenvalue weighted by Gasteiger charge is -2.39. The number of fused-ring (bicyclic) bond motifs is 1. The fourth-order valence-electron chi connectivity index (χ4n) is 5.41. The lowest BCUT2D eigenvalue weighted by Crippen LogP contribution is -2.49. The molecule has 1 atom stereocenters. The number of tetrazole rings is 1. The van der Waals surface area contributed by atoms with Gasteiger partial charge >= 0.3 is 0 Å². The summed E-state index contributed by atoms with van der Waals surface area (Å²) in [5.41, 5.74) is 5.58. The number of benzene rings is 3. The van der Waals surface area contributed by atoms with Crippen molar-refractivity contribution >= 4 is 16.6 Å². The zero-order valence-corrected chi connectivity index (χ0v) is 22.0. The molecule has 1 N–H and O–H groups in total. The van der Waals surface area contributed by atoms with E-state index < -0.39 is 6.04 Å². The molecule has 0 radical (unpaired) electrons. The van der Waals surface area contributed by atoms with E-state index in [0.717, 1.165) is 46.4 Å². The molecule has 1 saturated heterocycles. The first-order valence-electron chi connectivity index (χ1n) is 13.2. The number of halogens is 1. The van der Waals surface area contributed by atoms with Crippen molar-refractivity contribution in [1.29, 1.82) is 0 Å². The van der Waals surface area contributed by atoms with Gasteiger partial charge in [-0.1, -0.05) is 42.5 Å². The molecule has 1 aliphatic rings. The molecule has 1 aliphatic heterocycles. The van der Waals surface area contributed by atoms with Crippen LogP contribution >= 0.6 is 0 Å². The molecular weight excluding hydrogens is 493 g/mol. The average Bonchev–Trinajstić information content (AvgIpc) is 3.40. The third-order valence-electron chi connectivity index (χ3n) is 7.72. The van der Waals surface area contributed by atoms with Gasteiger partial charge in [-0.2, -0.15) is 0 Å². The van der Waals surface area contributed by atoms with E-state index >= 15 is 0 Å². The molecule has 1 fully saturated rings. The van der Waals surface area contributed by atoms with Crippen molar-refractivity contribution in [3.05, 3.63) is 117 Å². The normalized spacial score (nSPS) is 15.1. The predicted octanol–water partition coefficient (Wildman–Crippen LogP) is 4.23. The molecule has 9 heteroatoms. The molecule has 0 saturated carbocycles. The number of aryl methyl sites for hydroxylation is 2. The van der Waals surface area contributed by atoms with E-state index in [2.05, 4.69) is 36.4 Å². The lowest BCUT2D eigenvalue weighted by atomic mass is 9.99. The van der Waals surface area contributed by atoms with Gasteiger partial charge in [-0.15, -0.1) is 5.10 Å². The smallest absolute Gasteiger partial charge is 0.253 e. The molecule has 0 aliphatic carbocycles. The molecule has 0 amide bonds. The number of H-pyrrole nitrogens is 1. The molecule has 0 unspecified atom stereocenters. The summed E-state index contributed by atoms with van der Waals surface area (Å²) in [7, 11) is 0. The minimum Gasteiger partial charge on any atom is -0.369 e. The first kappa shape index (κ1) is 24.9. The van der Waals surface area contributed by atoms with Crippen LogP contribution in [-0.2, 0) is 6.54 Å². The molecule has 0 bridgehead atoms. The minimum absolute atomic E-state index is 0.142. The summed E-state index contributed by atoms with van der Waals surface area (Å²) in [4.78, 5) is 21.3. The van der Waals surface area contributed by atoms with Crippen LogP contribution in [0.25, 0.3) is 10.9 Å². The second-order valence-corrected chi connectivity index (χ2v) is 10.1. The standard InChI is InChI=1S/C30H30FN7O/c1-20-8-9-23-18-26(30(39)32-27(23)21(20)2)28(29-33-34-35-38(29)19-22-6-4-3-5-7-22)37-16-14-36(15-17-37)25-12-10-24(31)11-13-25/h3-13,18,28H,14-17,19H2,1-2H3,(H,32,39)/t28-/m1/s1. The largest absolute Gasteiger partial charge is 0.369 e. The number of nitrogens with zero attached hydrogens (tertiary/aromatic N) is 6. The summed E-state index contributed by atoms with van der Waals surface area (Å²) < 4.78 is 15.3. The molecular formula is C30H30FN7O. The van der Waals surface area contributed by atoms with Gasteiger partial charge in [-0.05, 0) is 76.7 Å². The average molecular weight is 524 g/mol. The van der Waals surface area contributed by atoms with E-state index in [4.69, 9.17) is 0 Å². The van der Waals surface area contributed by atoms with E-state index in [9.17, 15) is 9.18 Å². The van der Waals surface area contributed by atoms with Gasteiger partial charge in [-0.3, -0.25) is 9.69 Å². The number of piperazine rings is 1. The SMILES string of the molecule is Cc1ccc2cc([C@H](c3nnnn3Cc3ccccc3)N3CCN(c4ccc(F)cc4)CC3)c(=O)[nH]c2c1C. The Morgan fingerprint density at radius 3 is 2.44 bits per heavy atom. The summed E-state index contributed by atoms with van der Waals surface area (Å²) in [6.45, 7) is 7.40. The molecule has 0 spiro atoms. The van der Waals surface area contributed by atoms with Gasteiger partial charge in [0.15, 0.2) is 5.82 Å². The molecule has 3 aromatic carbocycles. The summed E-state index contributed by atoms with van der Waals surface area (Å²) >= 11 is 0. The highest BCUT2D eigenvalue weighted by Crippen LogP contribution is 2.30. The first-order chi connectivity index (χ1) is 19.0. The van der Waals surface area contributed by atoms with Gasteiger partial charge < -0.3 is 9.88 Å². The fourth-order valence-corrected chi connectivity index (χ4v) is 5.41. The highest BCUT2D eigenvalue weighted by atomic mass is 19.1. The Hall–Kier alpha value is -4.37. The Morgan fingerprint density at radius 1 is 0.949 bits per heavy atom.